The number of nitrogens with zero attached hydrogens (tertiary/aromatic N) is 5. The molecular weight excluding hydrogens is 595 g/mol. The molecule has 0 spiro atoms. The summed E-state index contributed by atoms with van der Waals surface area (Å²) >= 11 is 2.89. The van der Waals surface area contributed by atoms with Gasteiger partial charge in [-0.15, -0.1) is 6.58 Å². The molecule has 14 heteroatoms. The van der Waals surface area contributed by atoms with Gasteiger partial charge in [-0.25, -0.2) is 19.5 Å². The topological polar surface area (TPSA) is 122 Å². The van der Waals surface area contributed by atoms with Crippen LogP contribution in [0.4, 0.5) is 19.1 Å². The van der Waals surface area contributed by atoms with E-state index in [9.17, 15) is 27.6 Å². The lowest BCUT2D eigenvalue weighted by Gasteiger charge is -2.34. The standard InChI is InChI=1S/C26H25BrF3N7O3/c1-5-13(2)34-25-35-20-12-36(22(39)15-6-7-19(27)18(9-15)26(28,29)30)14(3)8-17(20)23(40)37(25)24-32-10-16(11-33-24)21(38)31-4/h5-7,9-11,13-14H,1,8,12H2,2-4H3,(H,31,38)(H,34,35). The Labute approximate surface area is 235 Å². The zero-order valence-corrected chi connectivity index (χ0v) is 23.3. The average molecular weight is 620 g/mol. The zero-order chi connectivity index (χ0) is 29.4. The van der Waals surface area contributed by atoms with E-state index in [0.29, 0.717) is 11.3 Å². The Bertz CT molecular complexity index is 1540. The Morgan fingerprint density at radius 1 is 1.23 bits per heavy atom. The molecule has 3 aromatic rings. The number of carbonyl (C=O) groups excluding carboxylic acids is 2. The lowest BCUT2D eigenvalue weighted by molar-refractivity contribution is -0.138. The number of hydrogen-bond acceptors (Lipinski definition) is 7. The molecule has 0 radical (unpaired) electrons. The van der Waals surface area contributed by atoms with Crippen LogP contribution in [0.25, 0.3) is 5.95 Å². The summed E-state index contributed by atoms with van der Waals surface area (Å²) in [6.07, 6.45) is -0.391. The first-order chi connectivity index (χ1) is 18.8. The summed E-state index contributed by atoms with van der Waals surface area (Å²) in [4.78, 5) is 53.3. The third kappa shape index (κ3) is 5.62. The third-order valence-corrected chi connectivity index (χ3v) is 7.12. The highest BCUT2D eigenvalue weighted by atomic mass is 79.9. The van der Waals surface area contributed by atoms with Crippen LogP contribution in [-0.2, 0) is 19.1 Å². The number of benzene rings is 1. The summed E-state index contributed by atoms with van der Waals surface area (Å²) < 4.78 is 41.3. The molecule has 0 aliphatic carbocycles. The predicted octanol–water partition coefficient (Wildman–Crippen LogP) is 3.74. The van der Waals surface area contributed by atoms with Crippen LogP contribution in [0, 0.1) is 0 Å². The van der Waals surface area contributed by atoms with Crippen molar-refractivity contribution in [1.82, 2.24) is 29.7 Å². The quantitative estimate of drug-likeness (QED) is 0.403. The molecule has 2 aromatic heterocycles. The Hall–Kier alpha value is -4.07. The highest BCUT2D eigenvalue weighted by molar-refractivity contribution is 9.10. The van der Waals surface area contributed by atoms with Crippen LogP contribution in [0.2, 0.25) is 0 Å². The monoisotopic (exact) mass is 619 g/mol. The molecule has 2 amide bonds. The number of halogens is 4. The molecule has 2 atom stereocenters. The Kier molecular flexibility index (Phi) is 8.10. The van der Waals surface area contributed by atoms with Gasteiger partial charge in [-0.1, -0.05) is 22.0 Å². The van der Waals surface area contributed by atoms with Crippen LogP contribution in [0.3, 0.4) is 0 Å². The van der Waals surface area contributed by atoms with Gasteiger partial charge >= 0.3 is 6.18 Å². The van der Waals surface area contributed by atoms with E-state index in [1.807, 2.05) is 0 Å². The molecular formula is C26H25BrF3N7O3. The van der Waals surface area contributed by atoms with Crippen LogP contribution in [0.5, 0.6) is 0 Å². The van der Waals surface area contributed by atoms with Crippen molar-refractivity contribution in [2.24, 2.45) is 0 Å². The minimum Gasteiger partial charge on any atom is -0.355 e. The fraction of sp³-hybridized carbons (Fsp3) is 0.308. The number of carbonyl (C=O) groups is 2. The van der Waals surface area contributed by atoms with Crippen LogP contribution < -0.4 is 16.2 Å². The molecule has 40 heavy (non-hydrogen) atoms. The van der Waals surface area contributed by atoms with Crippen LogP contribution >= 0.6 is 15.9 Å². The van der Waals surface area contributed by atoms with E-state index < -0.39 is 35.2 Å². The van der Waals surface area contributed by atoms with Crippen molar-refractivity contribution in [3.8, 4) is 5.95 Å². The smallest absolute Gasteiger partial charge is 0.355 e. The van der Waals surface area contributed by atoms with E-state index in [4.69, 9.17) is 0 Å². The van der Waals surface area contributed by atoms with Gasteiger partial charge in [-0.3, -0.25) is 14.4 Å². The second kappa shape index (κ2) is 11.2. The first-order valence-corrected chi connectivity index (χ1v) is 12.9. The third-order valence-electron chi connectivity index (χ3n) is 6.43. The van der Waals surface area contributed by atoms with Gasteiger partial charge in [0.1, 0.15) is 0 Å². The summed E-state index contributed by atoms with van der Waals surface area (Å²) in [7, 11) is 1.47. The number of nitrogens with one attached hydrogen (secondary N) is 2. The van der Waals surface area contributed by atoms with Crippen LogP contribution in [-0.4, -0.2) is 55.4 Å². The zero-order valence-electron chi connectivity index (χ0n) is 21.7. The molecule has 0 saturated heterocycles. The molecule has 10 nitrogen and oxygen atoms in total. The number of fused-ring (bicyclic) bond motifs is 1. The summed E-state index contributed by atoms with van der Waals surface area (Å²) in [6.45, 7) is 7.11. The van der Waals surface area contributed by atoms with Crippen molar-refractivity contribution in [2.75, 3.05) is 12.4 Å². The van der Waals surface area contributed by atoms with Crippen molar-refractivity contribution >= 4 is 33.7 Å². The number of aromatic nitrogens is 4. The molecule has 0 saturated carbocycles. The van der Waals surface area contributed by atoms with Crippen LogP contribution in [0.15, 0.2) is 52.5 Å². The van der Waals surface area contributed by atoms with Gasteiger partial charge in [0.25, 0.3) is 17.4 Å². The molecule has 1 aromatic carbocycles. The number of hydrogen-bond donors (Lipinski definition) is 2. The fourth-order valence-electron chi connectivity index (χ4n) is 4.22. The second-order valence-electron chi connectivity index (χ2n) is 9.20. The predicted molar refractivity (Wildman–Crippen MR) is 144 cm³/mol. The number of alkyl halides is 3. The first kappa shape index (κ1) is 28.9. The summed E-state index contributed by atoms with van der Waals surface area (Å²) in [5, 5.41) is 5.52. The van der Waals surface area contributed by atoms with Gasteiger partial charge in [0.05, 0.1) is 23.4 Å². The van der Waals surface area contributed by atoms with E-state index in [1.165, 1.54) is 41.0 Å². The molecule has 1 aliphatic heterocycles. The molecule has 2 unspecified atom stereocenters. The molecule has 210 valence electrons. The van der Waals surface area contributed by atoms with Gasteiger partial charge in [0, 0.05) is 47.1 Å². The molecule has 1 aliphatic rings. The molecule has 0 bridgehead atoms. The SMILES string of the molecule is C=CC(C)Nc1nc2c(c(=O)n1-c1ncc(C(=O)NC)cn1)CC(C)N(C(=O)c1ccc(Br)c(C(F)(F)F)c1)C2. The van der Waals surface area contributed by atoms with Gasteiger partial charge < -0.3 is 15.5 Å². The fourth-order valence-corrected chi connectivity index (χ4v) is 4.69. The van der Waals surface area contributed by atoms with E-state index in [0.717, 1.165) is 6.07 Å². The van der Waals surface area contributed by atoms with E-state index >= 15 is 0 Å². The maximum atomic E-state index is 13.7. The van der Waals surface area contributed by atoms with Gasteiger partial charge in [0.15, 0.2) is 0 Å². The maximum absolute atomic E-state index is 13.7. The Morgan fingerprint density at radius 3 is 2.50 bits per heavy atom. The highest BCUT2D eigenvalue weighted by Crippen LogP contribution is 2.36. The first-order valence-electron chi connectivity index (χ1n) is 12.1. The number of amides is 2. The summed E-state index contributed by atoms with van der Waals surface area (Å²) in [6, 6.07) is 2.45. The maximum Gasteiger partial charge on any atom is 0.417 e. The van der Waals surface area contributed by atoms with Crippen molar-refractivity contribution in [3.63, 3.8) is 0 Å². The normalized spacial score (nSPS) is 15.7. The van der Waals surface area contributed by atoms with Crippen molar-refractivity contribution in [1.29, 1.82) is 0 Å². The van der Waals surface area contributed by atoms with Crippen molar-refractivity contribution in [3.05, 3.63) is 86.0 Å². The number of anilines is 1. The van der Waals surface area contributed by atoms with Gasteiger partial charge in [-0.05, 0) is 38.5 Å². The van der Waals surface area contributed by atoms with Gasteiger partial charge in [0.2, 0.25) is 11.9 Å². The van der Waals surface area contributed by atoms with Crippen molar-refractivity contribution in [2.45, 2.75) is 45.1 Å². The minimum atomic E-state index is -4.65. The summed E-state index contributed by atoms with van der Waals surface area (Å²) in [5.74, 6) is -0.960. The highest BCUT2D eigenvalue weighted by Gasteiger charge is 2.36. The molecule has 4 rings (SSSR count). The van der Waals surface area contributed by atoms with E-state index in [2.05, 4.69) is 48.1 Å². The van der Waals surface area contributed by atoms with E-state index in [-0.39, 0.29) is 46.5 Å². The lowest BCUT2D eigenvalue weighted by Crippen LogP contribution is -2.46. The van der Waals surface area contributed by atoms with Gasteiger partial charge in [-0.2, -0.15) is 13.2 Å². The van der Waals surface area contributed by atoms with Crippen molar-refractivity contribution < 1.29 is 22.8 Å². The average Bonchev–Trinajstić information content (AvgIpc) is 2.92. The number of rotatable bonds is 6. The lowest BCUT2D eigenvalue weighted by atomic mass is 9.98. The molecule has 0 fully saturated rings. The largest absolute Gasteiger partial charge is 0.417 e. The minimum absolute atomic E-state index is 0.0209. The molecule has 2 N–H and O–H groups in total. The van der Waals surface area contributed by atoms with Crippen LogP contribution in [0.1, 0.15) is 51.4 Å². The second-order valence-corrected chi connectivity index (χ2v) is 10.1. The molecule has 3 heterocycles. The Balaban J connectivity index is 1.76. The summed E-state index contributed by atoms with van der Waals surface area (Å²) in [5.41, 5.74) is -0.762. The Morgan fingerprint density at radius 2 is 1.90 bits per heavy atom. The van der Waals surface area contributed by atoms with E-state index in [1.54, 1.807) is 19.9 Å².